The molecule has 0 saturated carbocycles. The van der Waals surface area contributed by atoms with Crippen molar-refractivity contribution in [3.8, 4) is 28.7 Å². The number of carbonyl (C=O) groups is 1. The lowest BCUT2D eigenvalue weighted by atomic mass is 9.91. The molecule has 2 aromatic carbocycles. The molecule has 2 aromatic rings. The van der Waals surface area contributed by atoms with Crippen molar-refractivity contribution in [2.75, 3.05) is 13.7 Å². The summed E-state index contributed by atoms with van der Waals surface area (Å²) < 4.78 is 16.9. The molecule has 0 amide bonds. The molecule has 1 aliphatic heterocycles. The second-order valence-corrected chi connectivity index (χ2v) is 6.23. The van der Waals surface area contributed by atoms with Gasteiger partial charge in [-0.3, -0.25) is 4.79 Å². The van der Waals surface area contributed by atoms with Crippen LogP contribution in [0.2, 0.25) is 0 Å². The molecule has 138 valence electrons. The van der Waals surface area contributed by atoms with E-state index in [1.165, 1.54) is 13.2 Å². The van der Waals surface area contributed by atoms with Crippen molar-refractivity contribution in [2.24, 2.45) is 0 Å². The molecule has 0 spiro atoms. The zero-order chi connectivity index (χ0) is 19.0. The highest BCUT2D eigenvalue weighted by Crippen LogP contribution is 2.48. The summed E-state index contributed by atoms with van der Waals surface area (Å²) in [5.41, 5.74) is 2.12. The first-order valence-corrected chi connectivity index (χ1v) is 8.44. The van der Waals surface area contributed by atoms with Gasteiger partial charge >= 0.3 is 0 Å². The first-order valence-electron chi connectivity index (χ1n) is 8.44. The van der Waals surface area contributed by atoms with Gasteiger partial charge in [0.2, 0.25) is 0 Å². The molecule has 0 aliphatic carbocycles. The molecule has 0 saturated heterocycles. The molecule has 1 heterocycles. The van der Waals surface area contributed by atoms with Crippen molar-refractivity contribution >= 4 is 5.78 Å². The summed E-state index contributed by atoms with van der Waals surface area (Å²) >= 11 is 0. The van der Waals surface area contributed by atoms with E-state index in [9.17, 15) is 15.0 Å². The van der Waals surface area contributed by atoms with Crippen molar-refractivity contribution < 1.29 is 29.2 Å². The maximum Gasteiger partial charge on any atom is 0.174 e. The van der Waals surface area contributed by atoms with Gasteiger partial charge in [-0.05, 0) is 38.5 Å². The number of Topliss-reactive ketones (excluding diaryl/α,β-unsaturated/α-hetero) is 1. The predicted octanol–water partition coefficient (Wildman–Crippen LogP) is 3.83. The van der Waals surface area contributed by atoms with Gasteiger partial charge in [0.05, 0.1) is 20.1 Å². The lowest BCUT2D eigenvalue weighted by Crippen LogP contribution is -2.22. The summed E-state index contributed by atoms with van der Waals surface area (Å²) in [7, 11) is 1.46. The van der Waals surface area contributed by atoms with Crippen LogP contribution in [0.4, 0.5) is 0 Å². The third kappa shape index (κ3) is 2.81. The molecular formula is C20H22O6. The molecule has 3 rings (SSSR count). The van der Waals surface area contributed by atoms with Crippen LogP contribution >= 0.6 is 0 Å². The van der Waals surface area contributed by atoms with E-state index >= 15 is 0 Å². The van der Waals surface area contributed by atoms with E-state index in [1.807, 2.05) is 13.8 Å². The highest BCUT2D eigenvalue weighted by Gasteiger charge is 2.34. The van der Waals surface area contributed by atoms with Gasteiger partial charge in [0.1, 0.15) is 28.9 Å². The number of methoxy groups -OCH3 is 1. The number of benzene rings is 2. The number of carbonyl (C=O) groups excluding carboxylic acids is 1. The van der Waals surface area contributed by atoms with Crippen LogP contribution in [0.1, 0.15) is 46.5 Å². The van der Waals surface area contributed by atoms with E-state index in [4.69, 9.17) is 14.2 Å². The quantitative estimate of drug-likeness (QED) is 0.864. The number of ketones is 1. The number of aromatic hydroxyl groups is 2. The van der Waals surface area contributed by atoms with Crippen LogP contribution in [0.5, 0.6) is 28.7 Å². The molecule has 1 aliphatic rings. The minimum Gasteiger partial charge on any atom is -0.507 e. The summed E-state index contributed by atoms with van der Waals surface area (Å²) in [4.78, 5) is 12.7. The van der Waals surface area contributed by atoms with Crippen molar-refractivity contribution in [2.45, 2.75) is 33.3 Å². The van der Waals surface area contributed by atoms with Crippen LogP contribution in [0.3, 0.4) is 0 Å². The molecule has 0 unspecified atom stereocenters. The maximum atomic E-state index is 12.7. The zero-order valence-corrected chi connectivity index (χ0v) is 15.3. The lowest BCUT2D eigenvalue weighted by Gasteiger charge is -2.29. The first-order chi connectivity index (χ1) is 12.4. The molecule has 0 fully saturated rings. The van der Waals surface area contributed by atoms with Crippen LogP contribution in [-0.4, -0.2) is 29.7 Å². The lowest BCUT2D eigenvalue weighted by molar-refractivity contribution is 0.0841. The second-order valence-electron chi connectivity index (χ2n) is 6.23. The van der Waals surface area contributed by atoms with Crippen LogP contribution in [0, 0.1) is 13.8 Å². The molecule has 0 bridgehead atoms. The second kappa shape index (κ2) is 6.78. The normalized spacial score (nSPS) is 16.0. The molecule has 6 heteroatoms. The summed E-state index contributed by atoms with van der Waals surface area (Å²) in [6.45, 7) is 5.82. The number of ether oxygens (including phenoxy) is 3. The third-order valence-electron chi connectivity index (χ3n) is 4.61. The van der Waals surface area contributed by atoms with E-state index in [0.717, 1.165) is 0 Å². The fraction of sp³-hybridized carbons (Fsp3) is 0.350. The van der Waals surface area contributed by atoms with Crippen LogP contribution in [0.15, 0.2) is 18.2 Å². The number of hydrogen-bond acceptors (Lipinski definition) is 6. The Morgan fingerprint density at radius 3 is 2.62 bits per heavy atom. The van der Waals surface area contributed by atoms with Gasteiger partial charge in [0, 0.05) is 11.1 Å². The fourth-order valence-corrected chi connectivity index (χ4v) is 3.28. The molecule has 0 radical (unpaired) electrons. The zero-order valence-electron chi connectivity index (χ0n) is 15.3. The highest BCUT2D eigenvalue weighted by molar-refractivity contribution is 6.03. The van der Waals surface area contributed by atoms with Gasteiger partial charge in [-0.1, -0.05) is 6.07 Å². The number of phenolic OH excluding ortho intramolecular Hbond substituents is 2. The van der Waals surface area contributed by atoms with Gasteiger partial charge in [0.25, 0.3) is 0 Å². The van der Waals surface area contributed by atoms with Gasteiger partial charge in [-0.25, -0.2) is 0 Å². The number of fused-ring (bicyclic) bond motifs is 1. The first kappa shape index (κ1) is 17.9. The van der Waals surface area contributed by atoms with Crippen LogP contribution < -0.4 is 14.2 Å². The van der Waals surface area contributed by atoms with Crippen molar-refractivity contribution in [3.05, 3.63) is 40.5 Å². The van der Waals surface area contributed by atoms with E-state index in [2.05, 4.69) is 0 Å². The Bertz CT molecular complexity index is 871. The maximum absolute atomic E-state index is 12.7. The minimum atomic E-state index is -0.542. The Hall–Kier alpha value is -2.89. The molecule has 26 heavy (non-hydrogen) atoms. The minimum absolute atomic E-state index is 0.0156. The standard InChI is InChI=1S/C20H22O6/c1-5-25-19-10(2)18(23)17-14(22)9-15(26-20(17)11(19)3)12-6-7-13(21)16(8-12)24-4/h6-8,15,21,23H,5,9H2,1-4H3/t15-/m1/s1. The third-order valence-corrected chi connectivity index (χ3v) is 4.61. The number of phenols is 2. The summed E-state index contributed by atoms with van der Waals surface area (Å²) in [6, 6.07) is 4.83. The van der Waals surface area contributed by atoms with E-state index in [0.29, 0.717) is 40.5 Å². The van der Waals surface area contributed by atoms with Crippen LogP contribution in [0.25, 0.3) is 0 Å². The average molecular weight is 358 g/mol. The van der Waals surface area contributed by atoms with Crippen LogP contribution in [-0.2, 0) is 0 Å². The largest absolute Gasteiger partial charge is 0.507 e. The van der Waals surface area contributed by atoms with Gasteiger partial charge < -0.3 is 24.4 Å². The predicted molar refractivity (Wildman–Crippen MR) is 95.7 cm³/mol. The summed E-state index contributed by atoms with van der Waals surface area (Å²) in [5.74, 6) is 0.894. The Morgan fingerprint density at radius 2 is 1.96 bits per heavy atom. The monoisotopic (exact) mass is 358 g/mol. The summed E-state index contributed by atoms with van der Waals surface area (Å²) in [5, 5.41) is 20.3. The highest BCUT2D eigenvalue weighted by atomic mass is 16.5. The molecule has 1 atom stereocenters. The Morgan fingerprint density at radius 1 is 1.23 bits per heavy atom. The Labute approximate surface area is 151 Å². The topological polar surface area (TPSA) is 85.2 Å². The molecular weight excluding hydrogens is 336 g/mol. The van der Waals surface area contributed by atoms with Crippen molar-refractivity contribution in [1.82, 2.24) is 0 Å². The number of rotatable bonds is 4. The Kier molecular flexibility index (Phi) is 4.68. The smallest absolute Gasteiger partial charge is 0.174 e. The van der Waals surface area contributed by atoms with E-state index in [-0.39, 0.29) is 29.3 Å². The summed E-state index contributed by atoms with van der Waals surface area (Å²) in [6.07, 6.45) is -0.457. The molecule has 6 nitrogen and oxygen atoms in total. The van der Waals surface area contributed by atoms with Gasteiger partial charge in [-0.15, -0.1) is 0 Å². The molecule has 0 aromatic heterocycles. The Balaban J connectivity index is 2.09. The molecule has 2 N–H and O–H groups in total. The van der Waals surface area contributed by atoms with Crippen molar-refractivity contribution in [3.63, 3.8) is 0 Å². The SMILES string of the molecule is CCOc1c(C)c(O)c2c(c1C)O[C@@H](c1ccc(O)c(OC)c1)CC2=O. The van der Waals surface area contributed by atoms with Gasteiger partial charge in [0.15, 0.2) is 17.3 Å². The fourth-order valence-electron chi connectivity index (χ4n) is 3.28. The average Bonchev–Trinajstić information content (AvgIpc) is 2.63. The van der Waals surface area contributed by atoms with Crippen molar-refractivity contribution in [1.29, 1.82) is 0 Å². The number of hydrogen-bond donors (Lipinski definition) is 2. The van der Waals surface area contributed by atoms with E-state index in [1.54, 1.807) is 19.1 Å². The van der Waals surface area contributed by atoms with Gasteiger partial charge in [-0.2, -0.15) is 0 Å². The van der Waals surface area contributed by atoms with E-state index < -0.39 is 6.10 Å².